The van der Waals surface area contributed by atoms with Crippen LogP contribution in [0, 0.1) is 0 Å². The van der Waals surface area contributed by atoms with Gasteiger partial charge < -0.3 is 21.1 Å². The van der Waals surface area contributed by atoms with Gasteiger partial charge in [0, 0.05) is 30.6 Å². The number of hydrogen-bond acceptors (Lipinski definition) is 5. The lowest BCUT2D eigenvalue weighted by Crippen LogP contribution is -2.01. The lowest BCUT2D eigenvalue weighted by atomic mass is 9.97. The summed E-state index contributed by atoms with van der Waals surface area (Å²) < 4.78 is 2.03. The van der Waals surface area contributed by atoms with E-state index in [1.165, 1.54) is 0 Å². The Labute approximate surface area is 155 Å². The van der Waals surface area contributed by atoms with Crippen molar-refractivity contribution in [2.75, 3.05) is 11.5 Å². The number of nitrogens with two attached hydrogens (primary N) is 2. The maximum Gasteiger partial charge on any atom is 0.303 e. The molecule has 0 aliphatic heterocycles. The number of carbonyl (C=O) groups is 1. The number of carboxylic acids is 1. The number of hydrogen-bond donors (Lipinski definition) is 3. The van der Waals surface area contributed by atoms with Crippen LogP contribution in [-0.2, 0) is 18.3 Å². The lowest BCUT2D eigenvalue weighted by Gasteiger charge is -2.12. The number of aliphatic carboxylic acids is 1. The molecule has 27 heavy (non-hydrogen) atoms. The molecule has 5 N–H and O–H groups in total. The van der Waals surface area contributed by atoms with Crippen LogP contribution >= 0.6 is 0 Å². The fourth-order valence-electron chi connectivity index (χ4n) is 3.53. The minimum Gasteiger partial charge on any atom is -0.481 e. The number of carboxylic acid groups (broad SMARTS) is 1. The summed E-state index contributed by atoms with van der Waals surface area (Å²) in [4.78, 5) is 19.3. The van der Waals surface area contributed by atoms with Crippen molar-refractivity contribution in [3.05, 3.63) is 48.2 Å². The van der Waals surface area contributed by atoms with E-state index < -0.39 is 5.97 Å². The Morgan fingerprint density at radius 1 is 1.19 bits per heavy atom. The Bertz CT molecular complexity index is 1200. The molecule has 136 valence electrons. The minimum atomic E-state index is -0.807. The zero-order valence-corrected chi connectivity index (χ0v) is 14.8. The van der Waals surface area contributed by atoms with Gasteiger partial charge >= 0.3 is 5.97 Å². The quantitative estimate of drug-likeness (QED) is 0.514. The summed E-state index contributed by atoms with van der Waals surface area (Å²) in [5.74, 6) is -0.314. The van der Waals surface area contributed by atoms with Crippen molar-refractivity contribution < 1.29 is 9.90 Å². The molecule has 0 spiro atoms. The minimum absolute atomic E-state index is 0.0982. The van der Waals surface area contributed by atoms with Crippen LogP contribution in [0.3, 0.4) is 0 Å². The standard InChI is InChI=1S/C20H19N5O2/c1-25-8-7-13-17-15(23-20(22)24-19(17)21)10-14(18(13)25)12-4-2-3-11(9-12)5-6-16(26)27/h2-4,7-10H,5-6H2,1H3,(H,26,27)(H4,21,22,23,24). The van der Waals surface area contributed by atoms with Gasteiger partial charge in [0.1, 0.15) is 5.82 Å². The van der Waals surface area contributed by atoms with Crippen molar-refractivity contribution in [2.45, 2.75) is 12.8 Å². The van der Waals surface area contributed by atoms with Gasteiger partial charge in [-0.25, -0.2) is 4.98 Å². The van der Waals surface area contributed by atoms with E-state index in [9.17, 15) is 4.79 Å². The van der Waals surface area contributed by atoms with E-state index in [-0.39, 0.29) is 12.4 Å². The van der Waals surface area contributed by atoms with Crippen LogP contribution in [0.25, 0.3) is 32.9 Å². The molecule has 0 saturated heterocycles. The maximum atomic E-state index is 10.9. The number of fused-ring (bicyclic) bond motifs is 3. The summed E-state index contributed by atoms with van der Waals surface area (Å²) in [6, 6.07) is 11.9. The largest absolute Gasteiger partial charge is 0.481 e. The normalized spacial score (nSPS) is 11.3. The SMILES string of the molecule is Cn1ccc2c3c(N)nc(N)nc3cc(-c3cccc(CCC(=O)O)c3)c21. The fourth-order valence-corrected chi connectivity index (χ4v) is 3.53. The van der Waals surface area contributed by atoms with E-state index in [2.05, 4.69) is 9.97 Å². The molecule has 2 aromatic heterocycles. The van der Waals surface area contributed by atoms with E-state index in [0.29, 0.717) is 17.8 Å². The van der Waals surface area contributed by atoms with E-state index in [1.807, 2.05) is 54.2 Å². The Kier molecular flexibility index (Phi) is 3.92. The zero-order valence-electron chi connectivity index (χ0n) is 14.8. The number of benzene rings is 2. The summed E-state index contributed by atoms with van der Waals surface area (Å²) in [6.07, 6.45) is 2.55. The van der Waals surface area contributed by atoms with Gasteiger partial charge in [0.15, 0.2) is 0 Å². The Morgan fingerprint density at radius 3 is 2.78 bits per heavy atom. The monoisotopic (exact) mass is 361 g/mol. The Hall–Kier alpha value is -3.61. The third-order valence-corrected chi connectivity index (χ3v) is 4.73. The summed E-state index contributed by atoms with van der Waals surface area (Å²) in [6.45, 7) is 0. The number of aryl methyl sites for hydroxylation is 2. The van der Waals surface area contributed by atoms with Crippen LogP contribution in [0.4, 0.5) is 11.8 Å². The number of nitrogens with zero attached hydrogens (tertiary/aromatic N) is 3. The second-order valence-electron chi connectivity index (χ2n) is 6.57. The molecule has 7 heteroatoms. The first-order valence-corrected chi connectivity index (χ1v) is 8.56. The van der Waals surface area contributed by atoms with Crippen molar-refractivity contribution in [1.29, 1.82) is 0 Å². The number of anilines is 2. The van der Waals surface area contributed by atoms with Crippen molar-refractivity contribution in [2.24, 2.45) is 7.05 Å². The first-order chi connectivity index (χ1) is 12.9. The summed E-state index contributed by atoms with van der Waals surface area (Å²) in [7, 11) is 1.97. The molecule has 7 nitrogen and oxygen atoms in total. The third kappa shape index (κ3) is 2.93. The van der Waals surface area contributed by atoms with Gasteiger partial charge in [0.25, 0.3) is 0 Å². The Balaban J connectivity index is 1.97. The first-order valence-electron chi connectivity index (χ1n) is 8.56. The number of rotatable bonds is 4. The average molecular weight is 361 g/mol. The van der Waals surface area contributed by atoms with E-state index in [4.69, 9.17) is 16.6 Å². The summed E-state index contributed by atoms with van der Waals surface area (Å²) >= 11 is 0. The molecule has 0 atom stereocenters. The zero-order chi connectivity index (χ0) is 19.1. The van der Waals surface area contributed by atoms with Crippen LogP contribution in [0.15, 0.2) is 42.6 Å². The third-order valence-electron chi connectivity index (χ3n) is 4.73. The number of nitrogen functional groups attached to an aromatic ring is 2. The van der Waals surface area contributed by atoms with Gasteiger partial charge in [-0.15, -0.1) is 0 Å². The molecule has 0 aliphatic rings. The van der Waals surface area contributed by atoms with Crippen molar-refractivity contribution in [3.8, 4) is 11.1 Å². The van der Waals surface area contributed by atoms with Crippen molar-refractivity contribution in [1.82, 2.24) is 14.5 Å². The van der Waals surface area contributed by atoms with Crippen molar-refractivity contribution >= 4 is 39.5 Å². The highest BCUT2D eigenvalue weighted by Gasteiger charge is 2.16. The molecule has 4 rings (SSSR count). The second-order valence-corrected chi connectivity index (χ2v) is 6.57. The molecular formula is C20H19N5O2. The van der Waals surface area contributed by atoms with Gasteiger partial charge in [-0.3, -0.25) is 4.79 Å². The van der Waals surface area contributed by atoms with Crippen LogP contribution < -0.4 is 11.5 Å². The van der Waals surface area contributed by atoms with Gasteiger partial charge in [0.2, 0.25) is 5.95 Å². The van der Waals surface area contributed by atoms with Gasteiger partial charge in [-0.1, -0.05) is 24.3 Å². The highest BCUT2D eigenvalue weighted by Crippen LogP contribution is 2.37. The van der Waals surface area contributed by atoms with Gasteiger partial charge in [0.05, 0.1) is 16.4 Å². The molecule has 0 aliphatic carbocycles. The molecular weight excluding hydrogens is 342 g/mol. The summed E-state index contributed by atoms with van der Waals surface area (Å²) in [5, 5.41) is 10.7. The second kappa shape index (κ2) is 6.28. The maximum absolute atomic E-state index is 10.9. The fraction of sp³-hybridized carbons (Fsp3) is 0.150. The average Bonchev–Trinajstić information content (AvgIpc) is 3.00. The van der Waals surface area contributed by atoms with Gasteiger partial charge in [-0.2, -0.15) is 4.98 Å². The van der Waals surface area contributed by atoms with Crippen molar-refractivity contribution in [3.63, 3.8) is 0 Å². The highest BCUT2D eigenvalue weighted by molar-refractivity contribution is 6.15. The van der Waals surface area contributed by atoms with Crippen LogP contribution in [0.5, 0.6) is 0 Å². The predicted molar refractivity (Wildman–Crippen MR) is 106 cm³/mol. The van der Waals surface area contributed by atoms with E-state index in [0.717, 1.165) is 33.0 Å². The molecule has 0 amide bonds. The smallest absolute Gasteiger partial charge is 0.303 e. The summed E-state index contributed by atoms with van der Waals surface area (Å²) in [5.41, 5.74) is 16.6. The molecule has 0 fully saturated rings. The molecule has 2 aromatic carbocycles. The van der Waals surface area contributed by atoms with E-state index in [1.54, 1.807) is 0 Å². The molecule has 2 heterocycles. The van der Waals surface area contributed by atoms with Crippen LogP contribution in [-0.4, -0.2) is 25.6 Å². The first kappa shape index (κ1) is 16.8. The Morgan fingerprint density at radius 2 is 2.00 bits per heavy atom. The molecule has 0 unspecified atom stereocenters. The molecule has 0 radical (unpaired) electrons. The van der Waals surface area contributed by atoms with Crippen LogP contribution in [0.2, 0.25) is 0 Å². The highest BCUT2D eigenvalue weighted by atomic mass is 16.4. The van der Waals surface area contributed by atoms with E-state index >= 15 is 0 Å². The van der Waals surface area contributed by atoms with Gasteiger partial charge in [-0.05, 0) is 29.7 Å². The topological polar surface area (TPSA) is 120 Å². The number of aromatic nitrogens is 3. The molecule has 4 aromatic rings. The molecule has 0 bridgehead atoms. The lowest BCUT2D eigenvalue weighted by molar-refractivity contribution is -0.136. The predicted octanol–water partition coefficient (Wildman–Crippen LogP) is 2.97. The van der Waals surface area contributed by atoms with Crippen LogP contribution in [0.1, 0.15) is 12.0 Å². The molecule has 0 saturated carbocycles.